The molecule has 0 amide bonds. The highest BCUT2D eigenvalue weighted by molar-refractivity contribution is 6.02. The standard InChI is InChI=1S/C27H35NO5/c1-3-7-25-23(5-1)21-24-6-2-4-8-26(24)27(25)22-28-9-11-29-13-15-31-17-19-33-20-18-32-16-14-30-12-10-28/h1-8,21H,9-20,22H2. The lowest BCUT2D eigenvalue weighted by Gasteiger charge is -2.24. The number of fused-ring (bicyclic) bond motifs is 2. The van der Waals surface area contributed by atoms with Gasteiger partial charge in [-0.25, -0.2) is 0 Å². The van der Waals surface area contributed by atoms with E-state index in [1.165, 1.54) is 27.1 Å². The van der Waals surface area contributed by atoms with Gasteiger partial charge in [-0.2, -0.15) is 0 Å². The van der Waals surface area contributed by atoms with Crippen molar-refractivity contribution >= 4 is 21.5 Å². The first-order valence-electron chi connectivity index (χ1n) is 11.9. The van der Waals surface area contributed by atoms with E-state index in [0.717, 1.165) is 19.6 Å². The first-order chi connectivity index (χ1) is 16.4. The Balaban J connectivity index is 1.46. The Bertz CT molecular complexity index is 907. The maximum atomic E-state index is 5.85. The van der Waals surface area contributed by atoms with Gasteiger partial charge < -0.3 is 23.7 Å². The lowest BCUT2D eigenvalue weighted by atomic mass is 9.96. The average molecular weight is 454 g/mol. The van der Waals surface area contributed by atoms with Gasteiger partial charge >= 0.3 is 0 Å². The van der Waals surface area contributed by atoms with Crippen molar-refractivity contribution in [2.24, 2.45) is 0 Å². The summed E-state index contributed by atoms with van der Waals surface area (Å²) in [5.41, 5.74) is 1.36. The molecule has 0 radical (unpaired) electrons. The molecule has 3 aromatic rings. The van der Waals surface area contributed by atoms with Crippen molar-refractivity contribution in [2.45, 2.75) is 6.54 Å². The molecule has 0 N–H and O–H groups in total. The van der Waals surface area contributed by atoms with E-state index in [1.54, 1.807) is 0 Å². The Morgan fingerprint density at radius 3 is 1.36 bits per heavy atom. The molecule has 0 spiro atoms. The summed E-state index contributed by atoms with van der Waals surface area (Å²) in [5.74, 6) is 0. The summed E-state index contributed by atoms with van der Waals surface area (Å²) in [6.45, 7) is 8.47. The molecule has 0 bridgehead atoms. The zero-order chi connectivity index (χ0) is 22.6. The molecule has 33 heavy (non-hydrogen) atoms. The molecule has 1 aliphatic heterocycles. The van der Waals surface area contributed by atoms with Crippen molar-refractivity contribution in [3.05, 3.63) is 60.2 Å². The van der Waals surface area contributed by atoms with Crippen molar-refractivity contribution in [3.8, 4) is 0 Å². The van der Waals surface area contributed by atoms with Crippen LogP contribution in [0.1, 0.15) is 5.56 Å². The lowest BCUT2D eigenvalue weighted by molar-refractivity contribution is -0.0189. The summed E-state index contributed by atoms with van der Waals surface area (Å²) < 4.78 is 28.3. The number of ether oxygens (including phenoxy) is 5. The van der Waals surface area contributed by atoms with E-state index in [9.17, 15) is 0 Å². The van der Waals surface area contributed by atoms with Crippen LogP contribution in [0.25, 0.3) is 21.5 Å². The van der Waals surface area contributed by atoms with Gasteiger partial charge in [-0.15, -0.1) is 0 Å². The van der Waals surface area contributed by atoms with Crippen LogP contribution in [0.2, 0.25) is 0 Å². The Morgan fingerprint density at radius 2 is 0.909 bits per heavy atom. The van der Waals surface area contributed by atoms with Gasteiger partial charge in [0.15, 0.2) is 0 Å². The molecule has 1 aliphatic rings. The Hall–Kier alpha value is -2.06. The van der Waals surface area contributed by atoms with Crippen LogP contribution in [0.3, 0.4) is 0 Å². The molecule has 6 nitrogen and oxygen atoms in total. The van der Waals surface area contributed by atoms with Gasteiger partial charge in [-0.3, -0.25) is 4.90 Å². The van der Waals surface area contributed by atoms with Crippen LogP contribution in [0.15, 0.2) is 54.6 Å². The fourth-order valence-corrected chi connectivity index (χ4v) is 4.14. The molecule has 4 rings (SSSR count). The first kappa shape index (κ1) is 24.1. The summed E-state index contributed by atoms with van der Waals surface area (Å²) in [7, 11) is 0. The average Bonchev–Trinajstić information content (AvgIpc) is 2.84. The van der Waals surface area contributed by atoms with Crippen LogP contribution in [-0.4, -0.2) is 84.1 Å². The molecule has 3 aromatic carbocycles. The van der Waals surface area contributed by atoms with E-state index in [1.807, 2.05) is 0 Å². The molecule has 0 aliphatic carbocycles. The summed E-state index contributed by atoms with van der Waals surface area (Å²) >= 11 is 0. The Labute approximate surface area is 196 Å². The highest BCUT2D eigenvalue weighted by Gasteiger charge is 2.13. The van der Waals surface area contributed by atoms with E-state index < -0.39 is 0 Å². The molecule has 1 heterocycles. The third kappa shape index (κ3) is 7.47. The van der Waals surface area contributed by atoms with Gasteiger partial charge in [0.1, 0.15) is 0 Å². The van der Waals surface area contributed by atoms with Crippen molar-refractivity contribution in [1.29, 1.82) is 0 Å². The second-order valence-electron chi connectivity index (χ2n) is 8.14. The van der Waals surface area contributed by atoms with E-state index in [4.69, 9.17) is 23.7 Å². The van der Waals surface area contributed by atoms with Gasteiger partial charge in [0.2, 0.25) is 0 Å². The van der Waals surface area contributed by atoms with E-state index >= 15 is 0 Å². The smallest absolute Gasteiger partial charge is 0.0701 e. The van der Waals surface area contributed by atoms with Crippen LogP contribution in [0.4, 0.5) is 0 Å². The Morgan fingerprint density at radius 1 is 0.515 bits per heavy atom. The minimum Gasteiger partial charge on any atom is -0.378 e. The van der Waals surface area contributed by atoms with Gasteiger partial charge in [0.05, 0.1) is 66.1 Å². The second kappa shape index (κ2) is 13.6. The number of benzene rings is 3. The predicted octanol–water partition coefficient (Wildman–Crippen LogP) is 3.89. The zero-order valence-corrected chi connectivity index (χ0v) is 19.4. The molecular weight excluding hydrogens is 418 g/mol. The number of hydrogen-bond donors (Lipinski definition) is 0. The normalized spacial score (nSPS) is 19.3. The largest absolute Gasteiger partial charge is 0.378 e. The first-order valence-corrected chi connectivity index (χ1v) is 11.9. The number of nitrogens with zero attached hydrogens (tertiary/aromatic N) is 1. The van der Waals surface area contributed by atoms with Gasteiger partial charge in [0, 0.05) is 19.6 Å². The minimum absolute atomic E-state index is 0.576. The third-order valence-corrected chi connectivity index (χ3v) is 5.86. The van der Waals surface area contributed by atoms with Crippen LogP contribution >= 0.6 is 0 Å². The maximum absolute atomic E-state index is 5.85. The lowest BCUT2D eigenvalue weighted by Crippen LogP contribution is -2.31. The van der Waals surface area contributed by atoms with Crippen LogP contribution in [-0.2, 0) is 30.2 Å². The number of hydrogen-bond acceptors (Lipinski definition) is 6. The molecule has 0 aromatic heterocycles. The summed E-state index contributed by atoms with van der Waals surface area (Å²) in [4.78, 5) is 2.42. The molecule has 0 saturated carbocycles. The van der Waals surface area contributed by atoms with Gasteiger partial charge in [-0.05, 0) is 33.2 Å². The van der Waals surface area contributed by atoms with Crippen LogP contribution < -0.4 is 0 Å². The summed E-state index contributed by atoms with van der Waals surface area (Å²) in [5, 5.41) is 5.17. The highest BCUT2D eigenvalue weighted by atomic mass is 16.6. The van der Waals surface area contributed by atoms with E-state index in [0.29, 0.717) is 66.1 Å². The van der Waals surface area contributed by atoms with Crippen molar-refractivity contribution < 1.29 is 23.7 Å². The van der Waals surface area contributed by atoms with Crippen molar-refractivity contribution in [1.82, 2.24) is 4.90 Å². The fraction of sp³-hybridized carbons (Fsp3) is 0.481. The van der Waals surface area contributed by atoms with Crippen molar-refractivity contribution in [2.75, 3.05) is 79.2 Å². The number of rotatable bonds is 2. The monoisotopic (exact) mass is 453 g/mol. The second-order valence-corrected chi connectivity index (χ2v) is 8.14. The topological polar surface area (TPSA) is 49.4 Å². The third-order valence-electron chi connectivity index (χ3n) is 5.86. The molecule has 178 valence electrons. The molecular formula is C27H35NO5. The fourth-order valence-electron chi connectivity index (χ4n) is 4.14. The van der Waals surface area contributed by atoms with E-state index in [-0.39, 0.29) is 0 Å². The van der Waals surface area contributed by atoms with E-state index in [2.05, 4.69) is 59.5 Å². The minimum atomic E-state index is 0.576. The Kier molecular flexibility index (Phi) is 9.92. The predicted molar refractivity (Wildman–Crippen MR) is 131 cm³/mol. The van der Waals surface area contributed by atoms with Crippen molar-refractivity contribution in [3.63, 3.8) is 0 Å². The van der Waals surface area contributed by atoms with Crippen LogP contribution in [0.5, 0.6) is 0 Å². The zero-order valence-electron chi connectivity index (χ0n) is 19.4. The molecule has 0 unspecified atom stereocenters. The quantitative estimate of drug-likeness (QED) is 0.549. The SMILES string of the molecule is c1ccc2c(CN3CCOCCOCCOCCOCCOCC3)c3ccccc3cc2c1. The van der Waals surface area contributed by atoms with Crippen LogP contribution in [0, 0.1) is 0 Å². The highest BCUT2D eigenvalue weighted by Crippen LogP contribution is 2.29. The van der Waals surface area contributed by atoms with Gasteiger partial charge in [-0.1, -0.05) is 48.5 Å². The molecule has 6 heteroatoms. The summed E-state index contributed by atoms with van der Waals surface area (Å²) in [6, 6.07) is 19.6. The molecule has 0 atom stereocenters. The maximum Gasteiger partial charge on any atom is 0.0701 e. The molecule has 1 fully saturated rings. The van der Waals surface area contributed by atoms with Gasteiger partial charge in [0.25, 0.3) is 0 Å². The summed E-state index contributed by atoms with van der Waals surface area (Å²) in [6.07, 6.45) is 0. The molecule has 1 saturated heterocycles.